The Morgan fingerprint density at radius 3 is 2.32 bits per heavy atom. The van der Waals surface area contributed by atoms with Gasteiger partial charge in [0.15, 0.2) is 0 Å². The molecule has 0 amide bonds. The van der Waals surface area contributed by atoms with Crippen molar-refractivity contribution < 1.29 is 32.7 Å². The van der Waals surface area contributed by atoms with Crippen LogP contribution in [-0.4, -0.2) is 19.1 Å². The molecule has 5 nitrogen and oxygen atoms in total. The Labute approximate surface area is 349 Å². The Balaban J connectivity index is 0.00000476. The third-order valence-corrected chi connectivity index (χ3v) is 10.5. The molecule has 0 radical (unpaired) electrons. The summed E-state index contributed by atoms with van der Waals surface area (Å²) in [7, 11) is 0. The Bertz CT molecular complexity index is 3230. The van der Waals surface area contributed by atoms with E-state index in [-0.39, 0.29) is 37.8 Å². The van der Waals surface area contributed by atoms with E-state index in [1.165, 1.54) is 0 Å². The zero-order valence-electron chi connectivity index (χ0n) is 37.0. The predicted octanol–water partition coefficient (Wildman–Crippen LogP) is 12.9. The second-order valence-electron chi connectivity index (χ2n) is 16.5. The number of benzene rings is 5. The van der Waals surface area contributed by atoms with Crippen molar-refractivity contribution in [2.24, 2.45) is 5.41 Å². The van der Waals surface area contributed by atoms with Gasteiger partial charge in [0.1, 0.15) is 5.82 Å². The second-order valence-corrected chi connectivity index (χ2v) is 16.5. The van der Waals surface area contributed by atoms with Crippen LogP contribution in [0.1, 0.15) is 65.1 Å². The van der Waals surface area contributed by atoms with Gasteiger partial charge >= 0.3 is 21.1 Å². The fourth-order valence-electron chi connectivity index (χ4n) is 8.13. The monoisotopic (exact) mass is 914 g/mol. The van der Waals surface area contributed by atoms with Crippen LogP contribution >= 0.6 is 0 Å². The van der Waals surface area contributed by atoms with E-state index in [0.29, 0.717) is 39.3 Å². The number of fused-ring (bicyclic) bond motifs is 11. The summed E-state index contributed by atoms with van der Waals surface area (Å²) >= 11 is 0. The quantitative estimate of drug-likeness (QED) is 0.165. The molecule has 0 fully saturated rings. The maximum absolute atomic E-state index is 9.21. The number of nitrogens with zero attached hydrogens (tertiary/aromatic N) is 4. The molecule has 10 rings (SSSR count). The summed E-state index contributed by atoms with van der Waals surface area (Å²) in [5, 5.41) is 3.28. The fourth-order valence-corrected chi connectivity index (χ4v) is 8.13. The molecule has 6 heteroatoms. The first-order chi connectivity index (χ1) is 28.4. The van der Waals surface area contributed by atoms with E-state index in [1.807, 2.05) is 104 Å². The van der Waals surface area contributed by atoms with Gasteiger partial charge in [-0.3, -0.25) is 0 Å². The smallest absolute Gasteiger partial charge is 0.503 e. The molecule has 5 heterocycles. The topological polar surface area (TPSA) is 44.9 Å². The molecule has 0 spiro atoms. The number of para-hydroxylation sites is 2. The Morgan fingerprint density at radius 2 is 1.54 bits per heavy atom. The average Bonchev–Trinajstić information content (AvgIpc) is 3.67. The normalized spacial score (nSPS) is 14.3. The van der Waals surface area contributed by atoms with Crippen molar-refractivity contribution in [3.05, 3.63) is 144 Å². The number of pyridine rings is 2. The SMILES string of the molecule is [2H]C([2H])([2H])c1c(Oc2[c-]c3c(cc2)c2ccccc2n3-c2ccccn2)[c-]c2c3c1c1cc(C(C)(C)C)ccc1n3-c1ccccc1-c1cc(C([2H])([2H])C(C)(C)C)cnc1-2.[Pt+2]. The summed E-state index contributed by atoms with van der Waals surface area (Å²) in [6, 6.07) is 40.8. The van der Waals surface area contributed by atoms with Crippen molar-refractivity contribution >= 4 is 43.6 Å². The van der Waals surface area contributed by atoms with Crippen molar-refractivity contribution in [2.75, 3.05) is 0 Å². The van der Waals surface area contributed by atoms with Crippen LogP contribution in [0, 0.1) is 24.4 Å². The molecule has 4 aromatic heterocycles. The van der Waals surface area contributed by atoms with Gasteiger partial charge in [-0.05, 0) is 91.8 Å². The van der Waals surface area contributed by atoms with Crippen LogP contribution in [-0.2, 0) is 32.9 Å². The molecule has 0 atom stereocenters. The molecular weight excluding hydrogens is 868 g/mol. The molecule has 0 aliphatic carbocycles. The van der Waals surface area contributed by atoms with Gasteiger partial charge in [0.25, 0.3) is 0 Å². The summed E-state index contributed by atoms with van der Waals surface area (Å²) in [4.78, 5) is 9.73. The van der Waals surface area contributed by atoms with E-state index >= 15 is 0 Å². The van der Waals surface area contributed by atoms with Crippen LogP contribution in [0.15, 0.2) is 116 Å². The van der Waals surface area contributed by atoms with Crippen LogP contribution in [0.5, 0.6) is 11.5 Å². The van der Waals surface area contributed by atoms with Gasteiger partial charge in [0.2, 0.25) is 0 Å². The van der Waals surface area contributed by atoms with E-state index in [2.05, 4.69) is 66.7 Å². The van der Waals surface area contributed by atoms with Crippen LogP contribution < -0.4 is 4.74 Å². The maximum Gasteiger partial charge on any atom is 2.00 e. The first-order valence-electron chi connectivity index (χ1n) is 21.2. The van der Waals surface area contributed by atoms with Gasteiger partial charge in [0.05, 0.1) is 0 Å². The minimum atomic E-state index is -2.64. The Morgan fingerprint density at radius 1 is 0.750 bits per heavy atom. The number of aromatic nitrogens is 4. The summed E-state index contributed by atoms with van der Waals surface area (Å²) in [5.41, 5.74) is 7.26. The standard InChI is InChI=1S/C50H42N4O.Pt/c1-30-44(55-33-20-21-36-34-14-8-10-16-40(34)53(43(36)26-33)45-18-12-13-23-51-45)27-39-47-37(24-31(29-52-47)28-49(2,3)4)35-15-9-11-17-41(35)54-42-22-19-32(50(5,6)7)25-38(42)46(30)48(39)54;/h8-25,29H,28H2,1-7H3;/q-2;+2/i1D3,28D2;. The predicted molar refractivity (Wildman–Crippen MR) is 226 cm³/mol. The first-order valence-corrected chi connectivity index (χ1v) is 18.7. The molecule has 9 aromatic rings. The van der Waals surface area contributed by atoms with Gasteiger partial charge in [-0.1, -0.05) is 137 Å². The van der Waals surface area contributed by atoms with Crippen LogP contribution in [0.25, 0.3) is 77.5 Å². The summed E-state index contributed by atoms with van der Waals surface area (Å²) in [5.74, 6) is 1.07. The van der Waals surface area contributed by atoms with E-state index in [1.54, 1.807) is 12.4 Å². The van der Waals surface area contributed by atoms with Crippen molar-refractivity contribution in [2.45, 2.75) is 60.2 Å². The Kier molecular flexibility index (Phi) is 7.14. The number of aryl methyl sites for hydroxylation is 1. The number of hydrogen-bond acceptors (Lipinski definition) is 3. The number of hydrogen-bond donors (Lipinski definition) is 0. The summed E-state index contributed by atoms with van der Waals surface area (Å²) < 4.78 is 56.9. The molecule has 56 heavy (non-hydrogen) atoms. The van der Waals surface area contributed by atoms with Crippen LogP contribution in [0.3, 0.4) is 0 Å². The number of ether oxygens (including phenoxy) is 1. The zero-order chi connectivity index (χ0) is 42.1. The van der Waals surface area contributed by atoms with E-state index < -0.39 is 18.6 Å². The molecule has 0 bridgehead atoms. The summed E-state index contributed by atoms with van der Waals surface area (Å²) in [6.07, 6.45) is 1.65. The molecule has 0 saturated heterocycles. The molecule has 5 aromatic carbocycles. The van der Waals surface area contributed by atoms with Crippen molar-refractivity contribution in [3.63, 3.8) is 0 Å². The van der Waals surface area contributed by atoms with Gasteiger partial charge < -0.3 is 18.9 Å². The molecule has 1 aliphatic rings. The van der Waals surface area contributed by atoms with Crippen molar-refractivity contribution in [3.8, 4) is 45.4 Å². The van der Waals surface area contributed by atoms with Gasteiger partial charge in [-0.15, -0.1) is 17.5 Å². The van der Waals surface area contributed by atoms with E-state index in [4.69, 9.17) is 13.8 Å². The third kappa shape index (κ3) is 5.70. The molecule has 1 aliphatic heterocycles. The Hall–Kier alpha value is -5.51. The maximum atomic E-state index is 9.21. The van der Waals surface area contributed by atoms with Crippen molar-refractivity contribution in [1.82, 2.24) is 19.1 Å². The molecule has 0 N–H and O–H groups in total. The van der Waals surface area contributed by atoms with Crippen LogP contribution in [0.2, 0.25) is 0 Å². The largest absolute Gasteiger partial charge is 2.00 e. The van der Waals surface area contributed by atoms with Gasteiger partial charge in [-0.2, -0.15) is 6.07 Å². The minimum absolute atomic E-state index is 0. The molecule has 0 saturated carbocycles. The molecule has 278 valence electrons. The zero-order valence-corrected chi connectivity index (χ0v) is 34.3. The van der Waals surface area contributed by atoms with E-state index in [9.17, 15) is 2.74 Å². The van der Waals surface area contributed by atoms with Crippen LogP contribution in [0.4, 0.5) is 0 Å². The molecule has 0 unspecified atom stereocenters. The molecular formula is C50H42N4OPt. The van der Waals surface area contributed by atoms with Gasteiger partial charge in [-0.25, -0.2) is 4.98 Å². The van der Waals surface area contributed by atoms with Crippen molar-refractivity contribution in [1.29, 1.82) is 0 Å². The first kappa shape index (κ1) is 30.7. The fraction of sp³-hybridized carbons (Fsp3) is 0.200. The number of rotatable bonds is 4. The second kappa shape index (κ2) is 13.0. The van der Waals surface area contributed by atoms with Gasteiger partial charge in [0, 0.05) is 47.5 Å². The third-order valence-electron chi connectivity index (χ3n) is 10.5. The average molecular weight is 915 g/mol. The summed E-state index contributed by atoms with van der Waals surface area (Å²) in [6.45, 7) is 9.46. The van der Waals surface area contributed by atoms with E-state index in [0.717, 1.165) is 55.1 Å². The minimum Gasteiger partial charge on any atom is -0.503 e.